The van der Waals surface area contributed by atoms with Gasteiger partial charge in [0, 0.05) is 31.3 Å². The zero-order chi connectivity index (χ0) is 31.7. The highest BCUT2D eigenvalue weighted by Crippen LogP contribution is 2.37. The van der Waals surface area contributed by atoms with Crippen LogP contribution in [0.4, 0.5) is 0 Å². The van der Waals surface area contributed by atoms with Gasteiger partial charge in [-0.1, -0.05) is 56.2 Å². The molecule has 8 heteroatoms. The third-order valence-corrected chi connectivity index (χ3v) is 8.68. The quantitative estimate of drug-likeness (QED) is 0.107. The molecule has 8 nitrogen and oxygen atoms in total. The molecule has 3 aliphatic heterocycles. The number of carbonyl (C=O) groups excluding carboxylic acids is 2. The maximum Gasteiger partial charge on any atom is 0.219 e. The van der Waals surface area contributed by atoms with Crippen molar-refractivity contribution in [2.24, 2.45) is 11.8 Å². The van der Waals surface area contributed by atoms with Gasteiger partial charge in [-0.15, -0.1) is 0 Å². The van der Waals surface area contributed by atoms with Crippen LogP contribution < -0.4 is 0 Å². The fourth-order valence-corrected chi connectivity index (χ4v) is 6.09. The average Bonchev–Trinajstić information content (AvgIpc) is 3.35. The summed E-state index contributed by atoms with van der Waals surface area (Å²) < 4.78 is 35.1. The Morgan fingerprint density at radius 3 is 2.53 bits per heavy atom. The molecule has 7 atom stereocenters. The summed E-state index contributed by atoms with van der Waals surface area (Å²) in [6, 6.07) is 0. The fourth-order valence-electron chi connectivity index (χ4n) is 6.09. The second-order valence-electron chi connectivity index (χ2n) is 12.5. The van der Waals surface area contributed by atoms with Gasteiger partial charge in [0.2, 0.25) is 12.6 Å². The highest BCUT2D eigenvalue weighted by molar-refractivity contribution is 5.85. The van der Waals surface area contributed by atoms with Crippen molar-refractivity contribution >= 4 is 11.6 Å². The van der Waals surface area contributed by atoms with E-state index in [4.69, 9.17) is 28.4 Å². The highest BCUT2D eigenvalue weighted by Gasteiger charge is 2.42. The smallest absolute Gasteiger partial charge is 0.219 e. The number of hydrogen-bond donors (Lipinski definition) is 0. The Hall–Kier alpha value is -2.78. The van der Waals surface area contributed by atoms with E-state index in [-0.39, 0.29) is 42.4 Å². The van der Waals surface area contributed by atoms with E-state index in [1.54, 1.807) is 12.5 Å². The van der Waals surface area contributed by atoms with Crippen LogP contribution in [0.3, 0.4) is 0 Å². The Morgan fingerprint density at radius 1 is 1.02 bits per heavy atom. The molecule has 4 rings (SSSR count). The highest BCUT2D eigenvalue weighted by atomic mass is 16.7. The predicted molar refractivity (Wildman–Crippen MR) is 173 cm³/mol. The normalized spacial score (nSPS) is 29.3. The number of ketones is 2. The minimum atomic E-state index is -0.509. The molecule has 1 saturated carbocycles. The van der Waals surface area contributed by atoms with Gasteiger partial charge >= 0.3 is 0 Å². The van der Waals surface area contributed by atoms with E-state index in [9.17, 15) is 9.59 Å². The SMILES string of the molecule is CCCCC(C)(C/C=C/[C@H]1[C@H](OC2C=CC=CO2)CC(=O)[C@@H]1CC=CCCCC(=O)COC1CCCCO1)OC1C=CC=CO1. The summed E-state index contributed by atoms with van der Waals surface area (Å²) >= 11 is 0. The first-order valence-corrected chi connectivity index (χ1v) is 16.9. The zero-order valence-corrected chi connectivity index (χ0v) is 27.1. The molecule has 4 unspecified atom stereocenters. The lowest BCUT2D eigenvalue weighted by Gasteiger charge is -2.33. The molecule has 248 valence electrons. The van der Waals surface area contributed by atoms with Crippen molar-refractivity contribution in [1.82, 2.24) is 0 Å². The number of rotatable bonds is 19. The summed E-state index contributed by atoms with van der Waals surface area (Å²) in [5.41, 5.74) is -0.410. The molecule has 0 aromatic rings. The van der Waals surface area contributed by atoms with Crippen molar-refractivity contribution in [2.45, 2.75) is 121 Å². The number of unbranched alkanes of at least 4 members (excludes halogenated alkanes) is 2. The monoisotopic (exact) mass is 624 g/mol. The zero-order valence-electron chi connectivity index (χ0n) is 27.1. The largest absolute Gasteiger partial charge is 0.469 e. The first kappa shape index (κ1) is 35.1. The lowest BCUT2D eigenvalue weighted by molar-refractivity contribution is -0.169. The Labute approximate surface area is 269 Å². The van der Waals surface area contributed by atoms with Crippen LogP contribution in [0.5, 0.6) is 0 Å². The molecule has 0 radical (unpaired) electrons. The Balaban J connectivity index is 1.31. The van der Waals surface area contributed by atoms with Gasteiger partial charge in [0.05, 0.1) is 24.2 Å². The van der Waals surface area contributed by atoms with E-state index in [1.807, 2.05) is 36.5 Å². The first-order valence-electron chi connectivity index (χ1n) is 16.9. The van der Waals surface area contributed by atoms with Crippen LogP contribution in [0, 0.1) is 11.8 Å². The van der Waals surface area contributed by atoms with Crippen LogP contribution in [0.25, 0.3) is 0 Å². The molecule has 1 aliphatic carbocycles. The van der Waals surface area contributed by atoms with E-state index >= 15 is 0 Å². The predicted octanol–water partition coefficient (Wildman–Crippen LogP) is 7.57. The van der Waals surface area contributed by atoms with E-state index in [0.29, 0.717) is 32.3 Å². The molecular formula is C37H52O8. The fraction of sp³-hybridized carbons (Fsp3) is 0.622. The Morgan fingerprint density at radius 2 is 1.82 bits per heavy atom. The van der Waals surface area contributed by atoms with Crippen molar-refractivity contribution < 1.29 is 38.0 Å². The van der Waals surface area contributed by atoms with Gasteiger partial charge in [-0.05, 0) is 82.6 Å². The van der Waals surface area contributed by atoms with Gasteiger partial charge < -0.3 is 28.4 Å². The van der Waals surface area contributed by atoms with Gasteiger partial charge in [0.15, 0.2) is 12.1 Å². The standard InChI is InChI=1S/C37H52O8/c1-3-4-22-37(2,45-36-21-11-14-26-42-36)23-15-18-31-30(32(39)27-33(31)44-35-20-10-13-25-41-35)17-8-6-5-7-16-29(38)28-43-34-19-9-12-24-40-34/h6,8,10-11,13-15,18,20-21,25-26,30-31,33-36H,3-5,7,9,12,16-17,19,22-24,27-28H2,1-2H3/b8-6?,18-15+/t30-,31-,33-,34?,35?,36?,37?/m1/s1. The van der Waals surface area contributed by atoms with Crippen LogP contribution in [0.15, 0.2) is 73.3 Å². The van der Waals surface area contributed by atoms with Gasteiger partial charge in [0.25, 0.3) is 0 Å². The van der Waals surface area contributed by atoms with Gasteiger partial charge in [-0.2, -0.15) is 0 Å². The van der Waals surface area contributed by atoms with Crippen molar-refractivity contribution in [1.29, 1.82) is 0 Å². The second kappa shape index (κ2) is 19.0. The van der Waals surface area contributed by atoms with Crippen LogP contribution >= 0.6 is 0 Å². The third-order valence-electron chi connectivity index (χ3n) is 8.68. The molecule has 0 spiro atoms. The molecule has 4 aliphatic rings. The number of ether oxygens (including phenoxy) is 6. The Bertz CT molecular complexity index is 1100. The second-order valence-corrected chi connectivity index (χ2v) is 12.5. The van der Waals surface area contributed by atoms with Crippen LogP contribution in [-0.4, -0.2) is 55.4 Å². The first-order chi connectivity index (χ1) is 22.0. The number of hydrogen-bond acceptors (Lipinski definition) is 8. The molecule has 0 aromatic heterocycles. The maximum atomic E-state index is 13.3. The van der Waals surface area contributed by atoms with Gasteiger partial charge in [0.1, 0.15) is 12.4 Å². The van der Waals surface area contributed by atoms with E-state index in [1.165, 1.54) is 0 Å². The van der Waals surface area contributed by atoms with Crippen molar-refractivity contribution in [3.8, 4) is 0 Å². The maximum absolute atomic E-state index is 13.3. The van der Waals surface area contributed by atoms with Crippen molar-refractivity contribution in [2.75, 3.05) is 13.2 Å². The molecule has 2 fully saturated rings. The minimum absolute atomic E-state index is 0.0880. The third kappa shape index (κ3) is 12.2. The van der Waals surface area contributed by atoms with Crippen molar-refractivity contribution in [3.63, 3.8) is 0 Å². The summed E-state index contributed by atoms with van der Waals surface area (Å²) in [7, 11) is 0. The molecule has 3 heterocycles. The summed E-state index contributed by atoms with van der Waals surface area (Å²) in [5, 5.41) is 0. The minimum Gasteiger partial charge on any atom is -0.469 e. The molecule has 0 amide bonds. The lowest BCUT2D eigenvalue weighted by atomic mass is 9.88. The van der Waals surface area contributed by atoms with E-state index < -0.39 is 18.2 Å². The lowest BCUT2D eigenvalue weighted by Crippen LogP contribution is -2.34. The van der Waals surface area contributed by atoms with Gasteiger partial charge in [-0.3, -0.25) is 9.59 Å². The molecule has 0 aromatic carbocycles. The van der Waals surface area contributed by atoms with Crippen molar-refractivity contribution in [3.05, 3.63) is 73.3 Å². The Kier molecular flexibility index (Phi) is 14.8. The summed E-state index contributed by atoms with van der Waals surface area (Å²) in [6.07, 6.45) is 31.2. The van der Waals surface area contributed by atoms with Gasteiger partial charge in [-0.25, -0.2) is 0 Å². The number of allylic oxidation sites excluding steroid dienone is 6. The van der Waals surface area contributed by atoms with E-state index in [2.05, 4.69) is 38.2 Å². The molecular weight excluding hydrogens is 572 g/mol. The molecule has 45 heavy (non-hydrogen) atoms. The summed E-state index contributed by atoms with van der Waals surface area (Å²) in [4.78, 5) is 25.5. The summed E-state index contributed by atoms with van der Waals surface area (Å²) in [5.74, 6) is 0.0214. The molecule has 1 saturated heterocycles. The van der Waals surface area contributed by atoms with Crippen LogP contribution in [0.2, 0.25) is 0 Å². The van der Waals surface area contributed by atoms with E-state index in [0.717, 1.165) is 51.4 Å². The molecule has 0 N–H and O–H groups in total. The number of Topliss-reactive ketones (excluding diaryl/α,β-unsaturated/α-hetero) is 2. The topological polar surface area (TPSA) is 89.5 Å². The van der Waals surface area contributed by atoms with Crippen LogP contribution in [0.1, 0.15) is 90.9 Å². The molecule has 0 bridgehead atoms. The van der Waals surface area contributed by atoms with Crippen LogP contribution in [-0.2, 0) is 38.0 Å². The average molecular weight is 625 g/mol. The number of carbonyl (C=O) groups is 2. The summed E-state index contributed by atoms with van der Waals surface area (Å²) in [6.45, 7) is 5.12.